The Hall–Kier alpha value is -1.93. The van der Waals surface area contributed by atoms with E-state index >= 15 is 0 Å². The van der Waals surface area contributed by atoms with E-state index in [1.54, 1.807) is 11.3 Å². The Labute approximate surface area is 238 Å². The summed E-state index contributed by atoms with van der Waals surface area (Å²) in [5.41, 5.74) is 2.88. The van der Waals surface area contributed by atoms with Crippen LogP contribution >= 0.6 is 22.7 Å². The van der Waals surface area contributed by atoms with Gasteiger partial charge in [0.25, 0.3) is 0 Å². The third kappa shape index (κ3) is 5.91. The maximum Gasteiger partial charge on any atom is 0.186 e. The maximum absolute atomic E-state index is 13.8. The monoisotopic (exact) mass is 722 g/mol. The summed E-state index contributed by atoms with van der Waals surface area (Å²) < 4.78 is 1.10. The van der Waals surface area contributed by atoms with Gasteiger partial charge in [-0.15, -0.1) is 34.9 Å². The second kappa shape index (κ2) is 11.9. The molecule has 0 aliphatic heterocycles. The van der Waals surface area contributed by atoms with Crippen molar-refractivity contribution in [2.75, 3.05) is 7.05 Å². The van der Waals surface area contributed by atoms with Crippen LogP contribution in [0.4, 0.5) is 0 Å². The van der Waals surface area contributed by atoms with E-state index < -0.39 is 0 Å². The van der Waals surface area contributed by atoms with Gasteiger partial charge in [-0.2, -0.15) is 5.26 Å². The number of hydrogen-bond acceptors (Lipinski definition) is 5. The minimum absolute atomic E-state index is 0. The summed E-state index contributed by atoms with van der Waals surface area (Å²) in [5.74, 6) is 0.0856. The zero-order valence-corrected chi connectivity index (χ0v) is 25.4. The minimum atomic E-state index is 0. The van der Waals surface area contributed by atoms with Crippen LogP contribution in [0, 0.1) is 48.5 Å². The first-order valence-electron chi connectivity index (χ1n) is 11.6. The van der Waals surface area contributed by atoms with E-state index in [1.807, 2.05) is 49.5 Å². The summed E-state index contributed by atoms with van der Waals surface area (Å²) in [6.07, 6.45) is 4.19. The quantitative estimate of drug-likeness (QED) is 0.232. The van der Waals surface area contributed by atoms with E-state index in [-0.39, 0.29) is 43.1 Å². The molecule has 1 N–H and O–H groups in total. The second-order valence-electron chi connectivity index (χ2n) is 8.77. The zero-order valence-electron chi connectivity index (χ0n) is 19.6. The first kappa shape index (κ1) is 26.1. The van der Waals surface area contributed by atoms with E-state index in [0.29, 0.717) is 23.0 Å². The molecule has 1 aliphatic rings. The molecule has 2 aromatic carbocycles. The molecular formula is C28H26N3OS2U-. The Balaban J connectivity index is 0.00000289. The first-order chi connectivity index (χ1) is 16.6. The number of carbonyl (C=O) groups is 1. The van der Waals surface area contributed by atoms with E-state index in [4.69, 9.17) is 5.26 Å². The zero-order chi connectivity index (χ0) is 23.5. The van der Waals surface area contributed by atoms with Crippen LogP contribution in [-0.2, 0) is 6.54 Å². The summed E-state index contributed by atoms with van der Waals surface area (Å²) in [6.45, 7) is 0.608. The average molecular weight is 723 g/mol. The van der Waals surface area contributed by atoms with E-state index in [1.165, 1.54) is 16.2 Å². The van der Waals surface area contributed by atoms with E-state index in [9.17, 15) is 4.79 Å². The Morgan fingerprint density at radius 3 is 2.54 bits per heavy atom. The van der Waals surface area contributed by atoms with Crippen molar-refractivity contribution in [2.24, 2.45) is 0 Å². The molecule has 0 bridgehead atoms. The van der Waals surface area contributed by atoms with Crippen molar-refractivity contribution < 1.29 is 35.9 Å². The van der Waals surface area contributed by atoms with Crippen molar-refractivity contribution in [3.63, 3.8) is 0 Å². The van der Waals surface area contributed by atoms with Crippen molar-refractivity contribution in [1.29, 1.82) is 5.26 Å². The second-order valence-corrected chi connectivity index (χ2v) is 10.8. The Bertz CT molecular complexity index is 1300. The normalized spacial score (nSPS) is 17.5. The molecular weight excluding hydrogens is 696 g/mol. The van der Waals surface area contributed by atoms with E-state index in [0.717, 1.165) is 46.9 Å². The molecule has 2 aromatic heterocycles. The smallest absolute Gasteiger partial charge is 0.186 e. The summed E-state index contributed by atoms with van der Waals surface area (Å²) >= 11 is 3.23. The van der Waals surface area contributed by atoms with Crippen molar-refractivity contribution in [3.05, 3.63) is 81.4 Å². The van der Waals surface area contributed by atoms with Crippen LogP contribution in [0.5, 0.6) is 0 Å². The number of thiophene rings is 2. The molecule has 5 rings (SSSR count). The largest absolute Gasteiger partial charge is 0.370 e. The van der Waals surface area contributed by atoms with Gasteiger partial charge in [0.2, 0.25) is 0 Å². The average Bonchev–Trinajstić information content (AvgIpc) is 3.54. The fourth-order valence-corrected chi connectivity index (χ4v) is 6.56. The Kier molecular flexibility index (Phi) is 8.87. The number of rotatable bonds is 6. The molecule has 0 spiro atoms. The van der Waals surface area contributed by atoms with Gasteiger partial charge in [-0.05, 0) is 77.0 Å². The predicted molar refractivity (Wildman–Crippen MR) is 140 cm³/mol. The van der Waals surface area contributed by atoms with Gasteiger partial charge in [0.15, 0.2) is 5.91 Å². The molecule has 0 unspecified atom stereocenters. The number of nitrogens with one attached hydrogen (secondary N) is 1. The van der Waals surface area contributed by atoms with Gasteiger partial charge in [-0.3, -0.25) is 0 Å². The fraction of sp³-hybridized carbons (Fsp3) is 0.286. The molecule has 7 heteroatoms. The van der Waals surface area contributed by atoms with Crippen LogP contribution in [0.25, 0.3) is 21.2 Å². The Morgan fingerprint density at radius 2 is 1.86 bits per heavy atom. The third-order valence-corrected chi connectivity index (χ3v) is 8.65. The van der Waals surface area contributed by atoms with Crippen molar-refractivity contribution >= 4 is 38.7 Å². The van der Waals surface area contributed by atoms with Crippen LogP contribution in [0.3, 0.4) is 0 Å². The topological polar surface area (TPSA) is 56.1 Å². The summed E-state index contributed by atoms with van der Waals surface area (Å²) in [7, 11) is 2.02. The SMILES string of the molecule is CNC1CCC(N(Cc2cc(-c3ccc(C#N)cc3)cs2)C(=O)c2[c-]c3ccccc3s2)CC1.[U]. The number of hydrogen-bond donors (Lipinski definition) is 1. The maximum atomic E-state index is 13.8. The molecule has 4 aromatic rings. The van der Waals surface area contributed by atoms with Gasteiger partial charge in [-0.1, -0.05) is 24.3 Å². The summed E-state index contributed by atoms with van der Waals surface area (Å²) in [6, 6.07) is 24.2. The molecule has 35 heavy (non-hydrogen) atoms. The number of amides is 1. The molecule has 1 fully saturated rings. The van der Waals surface area contributed by atoms with Crippen molar-refractivity contribution in [2.45, 2.75) is 44.3 Å². The van der Waals surface area contributed by atoms with Crippen LogP contribution in [0.15, 0.2) is 60.0 Å². The van der Waals surface area contributed by atoms with E-state index in [2.05, 4.69) is 39.9 Å². The van der Waals surface area contributed by atoms with Crippen LogP contribution in [-0.4, -0.2) is 29.9 Å². The van der Waals surface area contributed by atoms with Crippen LogP contribution < -0.4 is 5.32 Å². The molecule has 0 radical (unpaired) electrons. The van der Waals surface area contributed by atoms with Crippen molar-refractivity contribution in [3.8, 4) is 17.2 Å². The summed E-state index contributed by atoms with van der Waals surface area (Å²) in [5, 5.41) is 15.6. The van der Waals surface area contributed by atoms with Gasteiger partial charge in [-0.25, -0.2) is 11.3 Å². The number of carbonyl (C=O) groups excluding carboxylic acids is 1. The van der Waals surface area contributed by atoms with Crippen molar-refractivity contribution in [1.82, 2.24) is 10.2 Å². The third-order valence-electron chi connectivity index (χ3n) is 6.68. The molecule has 1 saturated carbocycles. The number of fused-ring (bicyclic) bond motifs is 1. The predicted octanol–water partition coefficient (Wildman–Crippen LogP) is 6.47. The summed E-state index contributed by atoms with van der Waals surface area (Å²) in [4.78, 5) is 17.7. The molecule has 0 atom stereocenters. The molecule has 2 heterocycles. The van der Waals surface area contributed by atoms with Crippen LogP contribution in [0.1, 0.15) is 45.8 Å². The fourth-order valence-electron chi connectivity index (χ4n) is 4.71. The van der Waals surface area contributed by atoms with Gasteiger partial charge < -0.3 is 15.0 Å². The minimum Gasteiger partial charge on any atom is -0.370 e. The first-order valence-corrected chi connectivity index (χ1v) is 13.3. The van der Waals surface area contributed by atoms with Gasteiger partial charge in [0, 0.05) is 54.6 Å². The van der Waals surface area contributed by atoms with Gasteiger partial charge >= 0.3 is 0 Å². The standard InChI is InChI=1S/C28H26N3OS2.U/c1-30-23-10-12-24(13-11-23)31(28(32)27-15-21-4-2-3-5-26(21)34-27)17-25-14-22(18-33-25)20-8-6-19(16-29)7-9-20;/h2-9,14,18,23-24,30H,10-13,17H2,1H3;/q-1;. The molecule has 1 amide bonds. The number of nitrogens with zero attached hydrogens (tertiary/aromatic N) is 2. The molecule has 4 nitrogen and oxygen atoms in total. The van der Waals surface area contributed by atoms with Gasteiger partial charge in [0.1, 0.15) is 0 Å². The number of nitriles is 1. The molecule has 1 aliphatic carbocycles. The Morgan fingerprint density at radius 1 is 1.11 bits per heavy atom. The van der Waals surface area contributed by atoms with Crippen LogP contribution in [0.2, 0.25) is 0 Å². The number of benzene rings is 2. The molecule has 176 valence electrons. The molecule has 0 saturated heterocycles. The van der Waals surface area contributed by atoms with Gasteiger partial charge in [0.05, 0.1) is 11.6 Å².